The van der Waals surface area contributed by atoms with E-state index in [1.54, 1.807) is 12.1 Å². The molecule has 0 heterocycles. The normalized spacial score (nSPS) is 9.38. The number of nitrogens with one attached hydrogen (secondary N) is 1. The fourth-order valence-corrected chi connectivity index (χ4v) is 1.67. The molecular formula is C10H14ClFN2OS. The smallest absolute Gasteiger partial charge is 0.230 e. The van der Waals surface area contributed by atoms with Crippen molar-refractivity contribution in [3.63, 3.8) is 0 Å². The van der Waals surface area contributed by atoms with E-state index in [9.17, 15) is 9.18 Å². The summed E-state index contributed by atoms with van der Waals surface area (Å²) in [5, 5.41) is 2.66. The topological polar surface area (TPSA) is 55.1 Å². The highest BCUT2D eigenvalue weighted by Gasteiger charge is 2.01. The highest BCUT2D eigenvalue weighted by molar-refractivity contribution is 8.00. The van der Waals surface area contributed by atoms with Crippen molar-refractivity contribution in [2.24, 2.45) is 5.73 Å². The molecule has 0 radical (unpaired) electrons. The van der Waals surface area contributed by atoms with Gasteiger partial charge in [0.25, 0.3) is 0 Å². The van der Waals surface area contributed by atoms with Gasteiger partial charge in [-0.3, -0.25) is 4.79 Å². The van der Waals surface area contributed by atoms with Crippen LogP contribution in [0, 0.1) is 5.82 Å². The van der Waals surface area contributed by atoms with Crippen molar-refractivity contribution in [1.29, 1.82) is 0 Å². The fraction of sp³-hybridized carbons (Fsp3) is 0.300. The number of hydrogen-bond donors (Lipinski definition) is 2. The Morgan fingerprint density at radius 1 is 1.38 bits per heavy atom. The molecule has 6 heteroatoms. The molecule has 0 fully saturated rings. The number of halogens is 2. The molecule has 3 N–H and O–H groups in total. The first kappa shape index (κ1) is 15.2. The van der Waals surface area contributed by atoms with Crippen LogP contribution in [0.5, 0.6) is 0 Å². The van der Waals surface area contributed by atoms with Crippen LogP contribution in [0.15, 0.2) is 29.2 Å². The molecule has 0 bridgehead atoms. The summed E-state index contributed by atoms with van der Waals surface area (Å²) in [6, 6.07) is 6.05. The molecule has 0 unspecified atom stereocenters. The van der Waals surface area contributed by atoms with Gasteiger partial charge in [0.2, 0.25) is 5.91 Å². The monoisotopic (exact) mass is 264 g/mol. The lowest BCUT2D eigenvalue weighted by Crippen LogP contribution is -2.30. The zero-order valence-corrected chi connectivity index (χ0v) is 10.2. The molecule has 1 amide bonds. The van der Waals surface area contributed by atoms with Crippen molar-refractivity contribution in [2.75, 3.05) is 18.8 Å². The maximum Gasteiger partial charge on any atom is 0.230 e. The summed E-state index contributed by atoms with van der Waals surface area (Å²) in [7, 11) is 0. The molecule has 1 rings (SSSR count). The number of carbonyl (C=O) groups excluding carboxylic acids is 1. The Morgan fingerprint density at radius 3 is 2.56 bits per heavy atom. The van der Waals surface area contributed by atoms with E-state index in [1.165, 1.54) is 23.9 Å². The van der Waals surface area contributed by atoms with Crippen molar-refractivity contribution >= 4 is 30.1 Å². The van der Waals surface area contributed by atoms with E-state index in [1.807, 2.05) is 0 Å². The van der Waals surface area contributed by atoms with E-state index in [4.69, 9.17) is 5.73 Å². The molecule has 90 valence electrons. The van der Waals surface area contributed by atoms with Crippen LogP contribution in [-0.4, -0.2) is 24.7 Å². The summed E-state index contributed by atoms with van der Waals surface area (Å²) in [6.45, 7) is 0.926. The number of thioether (sulfide) groups is 1. The number of carbonyl (C=O) groups is 1. The molecule has 0 aliphatic heterocycles. The quantitative estimate of drug-likeness (QED) is 0.791. The van der Waals surface area contributed by atoms with Crippen molar-refractivity contribution in [3.8, 4) is 0 Å². The fourth-order valence-electron chi connectivity index (χ4n) is 0.942. The minimum absolute atomic E-state index is 0. The van der Waals surface area contributed by atoms with Crippen LogP contribution in [0.2, 0.25) is 0 Å². The molecule has 16 heavy (non-hydrogen) atoms. The molecule has 0 aliphatic rings. The van der Waals surface area contributed by atoms with Gasteiger partial charge in [0.1, 0.15) is 5.82 Å². The average Bonchev–Trinajstić information content (AvgIpc) is 2.25. The summed E-state index contributed by atoms with van der Waals surface area (Å²) >= 11 is 1.37. The van der Waals surface area contributed by atoms with E-state index in [-0.39, 0.29) is 24.1 Å². The molecule has 0 saturated carbocycles. The molecule has 0 aromatic heterocycles. The van der Waals surface area contributed by atoms with Crippen molar-refractivity contribution in [3.05, 3.63) is 30.1 Å². The molecular weight excluding hydrogens is 251 g/mol. The second kappa shape index (κ2) is 8.38. The van der Waals surface area contributed by atoms with Crippen molar-refractivity contribution in [1.82, 2.24) is 5.32 Å². The zero-order chi connectivity index (χ0) is 11.1. The first-order valence-electron chi connectivity index (χ1n) is 4.57. The summed E-state index contributed by atoms with van der Waals surface area (Å²) in [4.78, 5) is 12.1. The number of benzene rings is 1. The standard InChI is InChI=1S/C10H13FN2OS.ClH/c11-8-1-3-9(4-2-8)15-7-10(14)13-6-5-12;/h1-4H,5-7,12H2,(H,13,14);1H. The second-order valence-corrected chi connectivity index (χ2v) is 3.93. The van der Waals surface area contributed by atoms with Crippen molar-refractivity contribution in [2.45, 2.75) is 4.90 Å². The lowest BCUT2D eigenvalue weighted by molar-refractivity contribution is -0.118. The van der Waals surface area contributed by atoms with Gasteiger partial charge in [-0.2, -0.15) is 0 Å². The molecule has 3 nitrogen and oxygen atoms in total. The third-order valence-electron chi connectivity index (χ3n) is 1.65. The number of amides is 1. The van der Waals surface area contributed by atoms with Gasteiger partial charge in [-0.1, -0.05) is 0 Å². The summed E-state index contributed by atoms with van der Waals surface area (Å²) < 4.78 is 12.5. The zero-order valence-electron chi connectivity index (χ0n) is 8.61. The molecule has 0 spiro atoms. The number of rotatable bonds is 5. The van der Waals surface area contributed by atoms with Crippen LogP contribution in [0.1, 0.15) is 0 Å². The van der Waals surface area contributed by atoms with Crippen LogP contribution in [0.4, 0.5) is 4.39 Å². The highest BCUT2D eigenvalue weighted by atomic mass is 35.5. The second-order valence-electron chi connectivity index (χ2n) is 2.88. The van der Waals surface area contributed by atoms with Gasteiger partial charge in [0.05, 0.1) is 5.75 Å². The van der Waals surface area contributed by atoms with Gasteiger partial charge in [0.15, 0.2) is 0 Å². The van der Waals surface area contributed by atoms with E-state index >= 15 is 0 Å². The Labute approximate surface area is 104 Å². The summed E-state index contributed by atoms with van der Waals surface area (Å²) in [5.41, 5.74) is 5.24. The van der Waals surface area contributed by atoms with Crippen LogP contribution in [0.25, 0.3) is 0 Å². The Bertz CT molecular complexity index is 321. The Hall–Kier alpha value is -0.780. The molecule has 1 aromatic rings. The van der Waals surface area contributed by atoms with E-state index in [0.29, 0.717) is 18.8 Å². The van der Waals surface area contributed by atoms with Crippen LogP contribution in [0.3, 0.4) is 0 Å². The van der Waals surface area contributed by atoms with Gasteiger partial charge in [-0.25, -0.2) is 4.39 Å². The van der Waals surface area contributed by atoms with E-state index in [0.717, 1.165) is 4.90 Å². The van der Waals surface area contributed by atoms with Gasteiger partial charge in [-0.15, -0.1) is 24.2 Å². The maximum atomic E-state index is 12.5. The average molecular weight is 265 g/mol. The van der Waals surface area contributed by atoms with E-state index in [2.05, 4.69) is 5.32 Å². The molecule has 1 aromatic carbocycles. The predicted molar refractivity (Wildman–Crippen MR) is 66.4 cm³/mol. The Morgan fingerprint density at radius 2 is 2.00 bits per heavy atom. The minimum atomic E-state index is -0.271. The largest absolute Gasteiger partial charge is 0.354 e. The van der Waals surface area contributed by atoms with Gasteiger partial charge in [0, 0.05) is 18.0 Å². The summed E-state index contributed by atoms with van der Waals surface area (Å²) in [5.74, 6) is -0.00672. The molecule has 0 aliphatic carbocycles. The Balaban J connectivity index is 0.00000225. The minimum Gasteiger partial charge on any atom is -0.354 e. The molecule has 0 atom stereocenters. The first-order chi connectivity index (χ1) is 7.22. The number of nitrogens with two attached hydrogens (primary N) is 1. The lowest BCUT2D eigenvalue weighted by atomic mass is 10.4. The third-order valence-corrected chi connectivity index (χ3v) is 2.66. The van der Waals surface area contributed by atoms with Gasteiger partial charge >= 0.3 is 0 Å². The van der Waals surface area contributed by atoms with Crippen LogP contribution >= 0.6 is 24.2 Å². The third kappa shape index (κ3) is 5.95. The predicted octanol–water partition coefficient (Wildman–Crippen LogP) is 1.41. The van der Waals surface area contributed by atoms with Gasteiger partial charge in [-0.05, 0) is 24.3 Å². The van der Waals surface area contributed by atoms with Crippen LogP contribution < -0.4 is 11.1 Å². The maximum absolute atomic E-state index is 12.5. The lowest BCUT2D eigenvalue weighted by Gasteiger charge is -2.03. The SMILES string of the molecule is Cl.NCCNC(=O)CSc1ccc(F)cc1. The first-order valence-corrected chi connectivity index (χ1v) is 5.56. The van der Waals surface area contributed by atoms with Gasteiger partial charge < -0.3 is 11.1 Å². The van der Waals surface area contributed by atoms with Crippen molar-refractivity contribution < 1.29 is 9.18 Å². The molecule has 0 saturated heterocycles. The Kier molecular flexibility index (Phi) is 7.97. The highest BCUT2D eigenvalue weighted by Crippen LogP contribution is 2.17. The summed E-state index contributed by atoms with van der Waals surface area (Å²) in [6.07, 6.45) is 0. The van der Waals surface area contributed by atoms with Crippen LogP contribution in [-0.2, 0) is 4.79 Å². The number of hydrogen-bond acceptors (Lipinski definition) is 3. The van der Waals surface area contributed by atoms with E-state index < -0.39 is 0 Å².